The SMILES string of the molecule is Cc1cccc(CS(=O)(=O)c2ncc(CN(CC3CC3)C(=O)c3ccccc3)n2C2CCCCC2)c1. The van der Waals surface area contributed by atoms with Crippen LogP contribution in [-0.2, 0) is 22.1 Å². The molecule has 2 aromatic carbocycles. The van der Waals surface area contributed by atoms with Crippen LogP contribution < -0.4 is 0 Å². The molecule has 2 fully saturated rings. The van der Waals surface area contributed by atoms with Gasteiger partial charge in [-0.2, -0.15) is 0 Å². The molecule has 190 valence electrons. The molecule has 1 aromatic heterocycles. The third kappa shape index (κ3) is 5.72. The number of carbonyl (C=O) groups is 1. The van der Waals surface area contributed by atoms with Crippen LogP contribution >= 0.6 is 0 Å². The van der Waals surface area contributed by atoms with Gasteiger partial charge in [-0.05, 0) is 56.2 Å². The summed E-state index contributed by atoms with van der Waals surface area (Å²) in [5.74, 6) is 0.434. The van der Waals surface area contributed by atoms with Crippen molar-refractivity contribution < 1.29 is 13.2 Å². The van der Waals surface area contributed by atoms with Crippen molar-refractivity contribution in [2.24, 2.45) is 5.92 Å². The molecule has 7 heteroatoms. The lowest BCUT2D eigenvalue weighted by Crippen LogP contribution is -2.34. The highest BCUT2D eigenvalue weighted by Gasteiger charge is 2.32. The second-order valence-electron chi connectivity index (χ2n) is 10.4. The average molecular weight is 506 g/mol. The van der Waals surface area contributed by atoms with Crippen molar-refractivity contribution in [1.29, 1.82) is 0 Å². The molecule has 2 aliphatic carbocycles. The monoisotopic (exact) mass is 505 g/mol. The van der Waals surface area contributed by atoms with Gasteiger partial charge in [0.25, 0.3) is 5.91 Å². The summed E-state index contributed by atoms with van der Waals surface area (Å²) in [5, 5.41) is 0.143. The van der Waals surface area contributed by atoms with Crippen molar-refractivity contribution in [3.63, 3.8) is 0 Å². The first-order valence-electron chi connectivity index (χ1n) is 13.1. The topological polar surface area (TPSA) is 72.3 Å². The van der Waals surface area contributed by atoms with Crippen molar-refractivity contribution in [3.05, 3.63) is 83.2 Å². The maximum absolute atomic E-state index is 13.7. The van der Waals surface area contributed by atoms with Crippen LogP contribution in [0.4, 0.5) is 0 Å². The second-order valence-corrected chi connectivity index (χ2v) is 12.3. The molecule has 36 heavy (non-hydrogen) atoms. The van der Waals surface area contributed by atoms with Gasteiger partial charge in [0.05, 0.1) is 24.2 Å². The summed E-state index contributed by atoms with van der Waals surface area (Å²) in [5.41, 5.74) is 3.28. The summed E-state index contributed by atoms with van der Waals surface area (Å²) in [6.45, 7) is 3.03. The number of aryl methyl sites for hydroxylation is 1. The van der Waals surface area contributed by atoms with Gasteiger partial charge in [0.15, 0.2) is 0 Å². The Morgan fingerprint density at radius 1 is 1.00 bits per heavy atom. The Morgan fingerprint density at radius 2 is 1.75 bits per heavy atom. The van der Waals surface area contributed by atoms with Crippen LogP contribution in [0.3, 0.4) is 0 Å². The Labute approximate surface area is 214 Å². The van der Waals surface area contributed by atoms with Crippen molar-refractivity contribution in [2.45, 2.75) is 75.4 Å². The van der Waals surface area contributed by atoms with Crippen LogP contribution in [-0.4, -0.2) is 35.3 Å². The number of sulfone groups is 1. The highest BCUT2D eigenvalue weighted by molar-refractivity contribution is 7.90. The number of nitrogens with zero attached hydrogens (tertiary/aromatic N) is 3. The van der Waals surface area contributed by atoms with Gasteiger partial charge in [-0.3, -0.25) is 4.79 Å². The highest BCUT2D eigenvalue weighted by Crippen LogP contribution is 2.34. The van der Waals surface area contributed by atoms with Crippen molar-refractivity contribution in [2.75, 3.05) is 6.54 Å². The number of hydrogen-bond donors (Lipinski definition) is 0. The number of hydrogen-bond acceptors (Lipinski definition) is 4. The fraction of sp³-hybridized carbons (Fsp3) is 0.448. The van der Waals surface area contributed by atoms with Gasteiger partial charge in [0.2, 0.25) is 15.0 Å². The third-order valence-corrected chi connectivity index (χ3v) is 8.90. The van der Waals surface area contributed by atoms with Crippen LogP contribution in [0.5, 0.6) is 0 Å². The zero-order valence-corrected chi connectivity index (χ0v) is 21.8. The zero-order valence-electron chi connectivity index (χ0n) is 21.0. The normalized spacial score (nSPS) is 16.7. The molecule has 0 aliphatic heterocycles. The molecule has 6 nitrogen and oxygen atoms in total. The van der Waals surface area contributed by atoms with Crippen molar-refractivity contribution in [1.82, 2.24) is 14.5 Å². The van der Waals surface area contributed by atoms with Crippen LogP contribution in [0.15, 0.2) is 66.0 Å². The van der Waals surface area contributed by atoms with E-state index < -0.39 is 9.84 Å². The lowest BCUT2D eigenvalue weighted by atomic mass is 9.95. The smallest absolute Gasteiger partial charge is 0.254 e. The van der Waals surface area contributed by atoms with Gasteiger partial charge in [0.1, 0.15) is 0 Å². The quantitative estimate of drug-likeness (QED) is 0.373. The molecule has 0 unspecified atom stereocenters. The van der Waals surface area contributed by atoms with E-state index in [1.54, 1.807) is 6.20 Å². The van der Waals surface area contributed by atoms with Gasteiger partial charge in [0, 0.05) is 18.2 Å². The molecule has 0 saturated heterocycles. The minimum Gasteiger partial charge on any atom is -0.332 e. The standard InChI is InChI=1S/C29H35N3O3S/c1-22-9-8-10-24(17-22)21-36(34,35)29-30-18-27(32(29)26-13-6-3-7-14-26)20-31(19-23-15-16-23)28(33)25-11-4-2-5-12-25/h2,4-5,8-12,17-18,23,26H,3,6-7,13-16,19-21H2,1H3. The Kier molecular flexibility index (Phi) is 7.28. The molecule has 0 bridgehead atoms. The molecule has 0 atom stereocenters. The Balaban J connectivity index is 1.49. The predicted octanol–water partition coefficient (Wildman–Crippen LogP) is 5.72. The van der Waals surface area contributed by atoms with Gasteiger partial charge < -0.3 is 9.47 Å². The summed E-state index contributed by atoms with van der Waals surface area (Å²) >= 11 is 0. The summed E-state index contributed by atoms with van der Waals surface area (Å²) in [4.78, 5) is 19.8. The van der Waals surface area contributed by atoms with Crippen LogP contribution in [0, 0.1) is 12.8 Å². The molecule has 0 N–H and O–H groups in total. The van der Waals surface area contributed by atoms with Crippen molar-refractivity contribution >= 4 is 15.7 Å². The number of rotatable bonds is 9. The van der Waals surface area contributed by atoms with E-state index in [-0.39, 0.29) is 22.9 Å². The number of carbonyl (C=O) groups excluding carboxylic acids is 1. The Morgan fingerprint density at radius 3 is 2.44 bits per heavy atom. The fourth-order valence-electron chi connectivity index (χ4n) is 5.33. The van der Waals surface area contributed by atoms with E-state index in [1.807, 2.05) is 71.0 Å². The molecule has 5 rings (SSSR count). The number of imidazole rings is 1. The van der Waals surface area contributed by atoms with Crippen molar-refractivity contribution in [3.8, 4) is 0 Å². The first-order valence-corrected chi connectivity index (χ1v) is 14.7. The lowest BCUT2D eigenvalue weighted by molar-refractivity contribution is 0.0729. The third-order valence-electron chi connectivity index (χ3n) is 7.33. The molecule has 2 aliphatic rings. The van der Waals surface area contributed by atoms with Gasteiger partial charge in [-0.15, -0.1) is 0 Å². The van der Waals surface area contributed by atoms with Crippen LogP contribution in [0.1, 0.15) is 78.2 Å². The van der Waals surface area contributed by atoms with Gasteiger partial charge in [-0.1, -0.05) is 67.3 Å². The van der Waals surface area contributed by atoms with E-state index in [0.717, 1.165) is 55.3 Å². The van der Waals surface area contributed by atoms with Crippen LogP contribution in [0.2, 0.25) is 0 Å². The number of aromatic nitrogens is 2. The zero-order chi connectivity index (χ0) is 25.1. The van der Waals surface area contributed by atoms with Gasteiger partial charge >= 0.3 is 0 Å². The Bertz CT molecular complexity index is 1310. The van der Waals surface area contributed by atoms with E-state index in [1.165, 1.54) is 6.42 Å². The van der Waals surface area contributed by atoms with E-state index in [2.05, 4.69) is 4.98 Å². The molecule has 0 radical (unpaired) electrons. The summed E-state index contributed by atoms with van der Waals surface area (Å²) in [6.07, 6.45) is 9.16. The molecule has 1 heterocycles. The molecule has 3 aromatic rings. The van der Waals surface area contributed by atoms with E-state index in [0.29, 0.717) is 24.6 Å². The summed E-state index contributed by atoms with van der Waals surface area (Å²) < 4.78 is 29.3. The highest BCUT2D eigenvalue weighted by atomic mass is 32.2. The molecule has 0 spiro atoms. The lowest BCUT2D eigenvalue weighted by Gasteiger charge is -2.29. The second kappa shape index (κ2) is 10.6. The number of benzene rings is 2. The average Bonchev–Trinajstić information content (AvgIpc) is 3.59. The van der Waals surface area contributed by atoms with Crippen LogP contribution in [0.25, 0.3) is 0 Å². The summed E-state index contributed by atoms with van der Waals surface area (Å²) in [6, 6.07) is 17.1. The van der Waals surface area contributed by atoms with E-state index in [9.17, 15) is 13.2 Å². The predicted molar refractivity (Wildman–Crippen MR) is 140 cm³/mol. The summed E-state index contributed by atoms with van der Waals surface area (Å²) in [7, 11) is -3.66. The maximum atomic E-state index is 13.7. The number of amides is 1. The fourth-order valence-corrected chi connectivity index (χ4v) is 6.86. The first kappa shape index (κ1) is 24.8. The van der Waals surface area contributed by atoms with E-state index in [4.69, 9.17) is 0 Å². The molecule has 2 saturated carbocycles. The molecule has 1 amide bonds. The maximum Gasteiger partial charge on any atom is 0.254 e. The Hall–Kier alpha value is -2.93. The van der Waals surface area contributed by atoms with E-state index >= 15 is 0 Å². The first-order chi connectivity index (χ1) is 17.4. The largest absolute Gasteiger partial charge is 0.332 e. The molecular weight excluding hydrogens is 470 g/mol. The minimum atomic E-state index is -3.66. The minimum absolute atomic E-state index is 0.0111. The van der Waals surface area contributed by atoms with Gasteiger partial charge in [-0.25, -0.2) is 13.4 Å². The molecular formula is C29H35N3O3S.